The molecule has 0 bridgehead atoms. The van der Waals surface area contributed by atoms with Gasteiger partial charge in [0, 0.05) is 17.3 Å². The zero-order valence-corrected chi connectivity index (χ0v) is 10.9. The van der Waals surface area contributed by atoms with Crippen molar-refractivity contribution in [3.63, 3.8) is 0 Å². The summed E-state index contributed by atoms with van der Waals surface area (Å²) in [5, 5.41) is 3.40. The average molecular weight is 228 g/mol. The summed E-state index contributed by atoms with van der Waals surface area (Å²) < 4.78 is 0.631. The molecule has 0 aromatic rings. The maximum Gasteiger partial charge on any atom is 0.0284 e. The molecule has 0 atom stereocenters. The molecule has 3 heteroatoms. The van der Waals surface area contributed by atoms with Gasteiger partial charge in [0.05, 0.1) is 0 Å². The van der Waals surface area contributed by atoms with Crippen molar-refractivity contribution in [2.75, 3.05) is 32.9 Å². The van der Waals surface area contributed by atoms with Gasteiger partial charge < -0.3 is 10.2 Å². The molecule has 0 radical (unpaired) electrons. The van der Waals surface area contributed by atoms with E-state index in [1.807, 2.05) is 0 Å². The van der Waals surface area contributed by atoms with Gasteiger partial charge in [0.25, 0.3) is 0 Å². The van der Waals surface area contributed by atoms with Crippen molar-refractivity contribution in [2.24, 2.45) is 0 Å². The van der Waals surface area contributed by atoms with Crippen LogP contribution in [0.15, 0.2) is 0 Å². The maximum atomic E-state index is 3.40. The third kappa shape index (κ3) is 2.69. The van der Waals surface area contributed by atoms with Crippen LogP contribution in [0.5, 0.6) is 0 Å². The van der Waals surface area contributed by atoms with Crippen LogP contribution in [-0.2, 0) is 0 Å². The Bertz CT molecular complexity index is 190. The smallest absolute Gasteiger partial charge is 0.0284 e. The average Bonchev–Trinajstić information content (AvgIpc) is 2.24. The summed E-state index contributed by atoms with van der Waals surface area (Å²) in [5.74, 6) is 0. The molecule has 0 amide bonds. The van der Waals surface area contributed by atoms with Gasteiger partial charge in [-0.2, -0.15) is 11.8 Å². The summed E-state index contributed by atoms with van der Waals surface area (Å²) in [6, 6.07) is 0.771. The Hall–Kier alpha value is 0.270. The van der Waals surface area contributed by atoms with Gasteiger partial charge in [-0.25, -0.2) is 0 Å². The number of nitrogens with one attached hydrogen (secondary N) is 1. The van der Waals surface area contributed by atoms with Crippen molar-refractivity contribution in [3.05, 3.63) is 0 Å². The minimum Gasteiger partial charge on any atom is -0.317 e. The van der Waals surface area contributed by atoms with E-state index < -0.39 is 0 Å². The lowest BCUT2D eigenvalue weighted by atomic mass is 9.83. The van der Waals surface area contributed by atoms with Crippen molar-refractivity contribution in [2.45, 2.75) is 42.9 Å². The molecule has 1 aliphatic carbocycles. The van der Waals surface area contributed by atoms with Crippen LogP contribution in [0.4, 0.5) is 0 Å². The monoisotopic (exact) mass is 228 g/mol. The molecule has 0 unspecified atom stereocenters. The first kappa shape index (κ1) is 11.7. The van der Waals surface area contributed by atoms with Crippen molar-refractivity contribution >= 4 is 11.8 Å². The van der Waals surface area contributed by atoms with E-state index >= 15 is 0 Å². The number of hydrogen-bond acceptors (Lipinski definition) is 3. The van der Waals surface area contributed by atoms with Crippen LogP contribution in [0.3, 0.4) is 0 Å². The minimum absolute atomic E-state index is 0.631. The predicted molar refractivity (Wildman–Crippen MR) is 68.6 cm³/mol. The summed E-state index contributed by atoms with van der Waals surface area (Å²) in [5.41, 5.74) is 0. The van der Waals surface area contributed by atoms with Gasteiger partial charge in [-0.15, -0.1) is 0 Å². The number of piperidine rings is 1. The van der Waals surface area contributed by atoms with E-state index in [2.05, 4.69) is 35.3 Å². The number of likely N-dealkylation sites (tertiary alicyclic amines) is 1. The van der Waals surface area contributed by atoms with Gasteiger partial charge in [0.2, 0.25) is 0 Å². The van der Waals surface area contributed by atoms with Crippen LogP contribution >= 0.6 is 11.8 Å². The predicted octanol–water partition coefficient (Wildman–Crippen LogP) is 1.96. The Morgan fingerprint density at radius 1 is 1.33 bits per heavy atom. The third-order valence-corrected chi connectivity index (χ3v) is 5.61. The second-order valence-corrected chi connectivity index (χ2v) is 6.35. The summed E-state index contributed by atoms with van der Waals surface area (Å²) in [4.78, 5) is 2.68. The van der Waals surface area contributed by atoms with Gasteiger partial charge in [0.15, 0.2) is 0 Å². The van der Waals surface area contributed by atoms with E-state index in [4.69, 9.17) is 0 Å². The molecule has 1 heterocycles. The van der Waals surface area contributed by atoms with Crippen LogP contribution < -0.4 is 5.32 Å². The second-order valence-electron chi connectivity index (χ2n) is 5.08. The number of hydrogen-bond donors (Lipinski definition) is 1. The fourth-order valence-electron chi connectivity index (χ4n) is 2.79. The Morgan fingerprint density at radius 2 is 2.00 bits per heavy atom. The first-order valence-electron chi connectivity index (χ1n) is 6.23. The van der Waals surface area contributed by atoms with E-state index in [0.29, 0.717) is 4.75 Å². The van der Waals surface area contributed by atoms with Gasteiger partial charge in [0.1, 0.15) is 0 Å². The molecule has 1 N–H and O–H groups in total. The lowest BCUT2D eigenvalue weighted by molar-refractivity contribution is 0.159. The molecule has 0 spiro atoms. The number of rotatable bonds is 4. The maximum absolute atomic E-state index is 3.40. The normalized spacial score (nSPS) is 27.6. The molecule has 1 saturated carbocycles. The van der Waals surface area contributed by atoms with E-state index in [9.17, 15) is 0 Å². The molecule has 0 aromatic carbocycles. The summed E-state index contributed by atoms with van der Waals surface area (Å²) in [6.45, 7) is 3.94. The third-order valence-electron chi connectivity index (χ3n) is 4.21. The Labute approximate surface area is 98.2 Å². The fourth-order valence-corrected chi connectivity index (χ4v) is 3.79. The molecule has 2 rings (SSSR count). The topological polar surface area (TPSA) is 15.3 Å². The lowest BCUT2D eigenvalue weighted by Gasteiger charge is -2.45. The van der Waals surface area contributed by atoms with Crippen LogP contribution in [-0.4, -0.2) is 48.6 Å². The minimum atomic E-state index is 0.631. The number of nitrogens with zero attached hydrogens (tertiary/aromatic N) is 1. The molecule has 2 aliphatic rings. The molecule has 15 heavy (non-hydrogen) atoms. The highest BCUT2D eigenvalue weighted by atomic mass is 32.2. The first-order valence-corrected chi connectivity index (χ1v) is 7.45. The highest BCUT2D eigenvalue weighted by Gasteiger charge is 2.38. The van der Waals surface area contributed by atoms with Crippen molar-refractivity contribution < 1.29 is 0 Å². The van der Waals surface area contributed by atoms with E-state index in [1.54, 1.807) is 0 Å². The van der Waals surface area contributed by atoms with Crippen molar-refractivity contribution in [1.82, 2.24) is 10.2 Å². The largest absolute Gasteiger partial charge is 0.317 e. The van der Waals surface area contributed by atoms with Crippen molar-refractivity contribution in [3.8, 4) is 0 Å². The first-order chi connectivity index (χ1) is 7.28. The molecule has 2 fully saturated rings. The van der Waals surface area contributed by atoms with E-state index in [0.717, 1.165) is 6.04 Å². The standard InChI is InChI=1S/C12H24N2S/c1-13-11-4-8-14(9-5-11)10-12(15-2)6-3-7-12/h11,13H,3-10H2,1-2H3. The van der Waals surface area contributed by atoms with Crippen LogP contribution in [0, 0.1) is 0 Å². The fraction of sp³-hybridized carbons (Fsp3) is 1.00. The molecule has 88 valence electrons. The summed E-state index contributed by atoms with van der Waals surface area (Å²) in [7, 11) is 2.09. The SMILES string of the molecule is CNC1CCN(CC2(SC)CCC2)CC1. The van der Waals surface area contributed by atoms with E-state index in [-0.39, 0.29) is 0 Å². The Morgan fingerprint density at radius 3 is 2.40 bits per heavy atom. The molecular weight excluding hydrogens is 204 g/mol. The van der Waals surface area contributed by atoms with Crippen LogP contribution in [0.25, 0.3) is 0 Å². The molecule has 1 saturated heterocycles. The highest BCUT2D eigenvalue weighted by Crippen LogP contribution is 2.43. The Balaban J connectivity index is 1.76. The Kier molecular flexibility index (Phi) is 3.97. The van der Waals surface area contributed by atoms with Gasteiger partial charge in [-0.05, 0) is 52.1 Å². The quantitative estimate of drug-likeness (QED) is 0.792. The molecule has 0 aromatic heterocycles. The molecule has 2 nitrogen and oxygen atoms in total. The zero-order chi connectivity index (χ0) is 10.7. The van der Waals surface area contributed by atoms with Crippen LogP contribution in [0.2, 0.25) is 0 Å². The molecular formula is C12H24N2S. The van der Waals surface area contributed by atoms with Gasteiger partial charge >= 0.3 is 0 Å². The lowest BCUT2D eigenvalue weighted by Crippen LogP contribution is -2.49. The summed E-state index contributed by atoms with van der Waals surface area (Å²) >= 11 is 2.10. The number of thioether (sulfide) groups is 1. The van der Waals surface area contributed by atoms with E-state index in [1.165, 1.54) is 51.7 Å². The van der Waals surface area contributed by atoms with Gasteiger partial charge in [-0.1, -0.05) is 6.42 Å². The van der Waals surface area contributed by atoms with Crippen molar-refractivity contribution in [1.29, 1.82) is 0 Å². The van der Waals surface area contributed by atoms with Crippen LogP contribution in [0.1, 0.15) is 32.1 Å². The summed E-state index contributed by atoms with van der Waals surface area (Å²) in [6.07, 6.45) is 9.30. The second kappa shape index (κ2) is 5.07. The zero-order valence-electron chi connectivity index (χ0n) is 10.1. The molecule has 1 aliphatic heterocycles. The highest BCUT2D eigenvalue weighted by molar-refractivity contribution is 8.00. The van der Waals surface area contributed by atoms with Gasteiger partial charge in [-0.3, -0.25) is 0 Å².